The summed E-state index contributed by atoms with van der Waals surface area (Å²) in [5.41, 5.74) is 1.53. The van der Waals surface area contributed by atoms with Crippen LogP contribution in [-0.4, -0.2) is 27.9 Å². The van der Waals surface area contributed by atoms with Crippen molar-refractivity contribution in [1.82, 2.24) is 10.3 Å². The van der Waals surface area contributed by atoms with Crippen LogP contribution in [0.2, 0.25) is 0 Å². The van der Waals surface area contributed by atoms with E-state index in [9.17, 15) is 9.90 Å². The number of amides is 1. The van der Waals surface area contributed by atoms with Crippen LogP contribution in [0.3, 0.4) is 0 Å². The Labute approximate surface area is 162 Å². The van der Waals surface area contributed by atoms with Gasteiger partial charge in [-0.25, -0.2) is 0 Å². The maximum atomic E-state index is 12.4. The number of hydrogen-bond acceptors (Lipinski definition) is 3. The van der Waals surface area contributed by atoms with Gasteiger partial charge in [-0.3, -0.25) is 9.78 Å². The number of carbonyl (C=O) groups excluding carboxylic acids is 1. The molecule has 1 amide bonds. The summed E-state index contributed by atoms with van der Waals surface area (Å²) in [5.74, 6) is -0.507. The minimum atomic E-state index is -0.366. The van der Waals surface area contributed by atoms with Gasteiger partial charge >= 0.3 is 0 Å². The number of aromatic hydroxyl groups is 1. The molecule has 0 fully saturated rings. The molecule has 0 bridgehead atoms. The molecule has 0 aliphatic heterocycles. The van der Waals surface area contributed by atoms with E-state index in [1.807, 2.05) is 26.8 Å². The number of rotatable bonds is 6. The van der Waals surface area contributed by atoms with Crippen molar-refractivity contribution in [1.29, 1.82) is 0 Å². The molecule has 0 radical (unpaired) electrons. The topological polar surface area (TPSA) is 62.2 Å². The molecular formula is C21H29ClN2O2. The Balaban J connectivity index is 0.00000301. The van der Waals surface area contributed by atoms with E-state index in [2.05, 4.69) is 16.9 Å². The van der Waals surface area contributed by atoms with Gasteiger partial charge in [0.1, 0.15) is 5.75 Å². The molecule has 0 aliphatic carbocycles. The molecular weight excluding hydrogens is 348 g/mol. The van der Waals surface area contributed by atoms with Gasteiger partial charge in [0, 0.05) is 12.7 Å². The van der Waals surface area contributed by atoms with E-state index in [1.165, 1.54) is 0 Å². The molecule has 0 saturated carbocycles. The molecule has 0 aromatic carbocycles. The van der Waals surface area contributed by atoms with Crippen molar-refractivity contribution in [2.75, 3.05) is 6.54 Å². The number of hydrogen-bond donors (Lipinski definition) is 2. The first-order chi connectivity index (χ1) is 12.5. The van der Waals surface area contributed by atoms with Crippen LogP contribution in [0.1, 0.15) is 43.2 Å². The first kappa shape index (κ1) is 23.7. The van der Waals surface area contributed by atoms with Crippen LogP contribution >= 0.6 is 11.6 Å². The van der Waals surface area contributed by atoms with Crippen LogP contribution in [-0.2, 0) is 0 Å². The van der Waals surface area contributed by atoms with Gasteiger partial charge in [-0.05, 0) is 32.4 Å². The standard InChI is InChI=1S/C19H23ClN2O2.C2H6/c1-4-16(20)11-10-14(2)13-22-19(24)17-9-7-5-6-8-12-21-15(3)18(17)23;1-2/h4-10,12,16,23H,1,11,13H2,2-3H3,(H,22,24);1-2H3/b6-5?,7-5?,8-6?,9-7?,12-8?,14-10+,17-9?,18-15?,18-17?,21-12?,21-15?;. The van der Waals surface area contributed by atoms with Crippen LogP contribution < -0.4 is 5.32 Å². The number of halogens is 1. The summed E-state index contributed by atoms with van der Waals surface area (Å²) in [5, 5.41) is 12.9. The maximum absolute atomic E-state index is 12.4. The lowest BCUT2D eigenvalue weighted by Gasteiger charge is -2.07. The molecule has 1 aromatic heterocycles. The second kappa shape index (κ2) is 13.9. The third-order valence-electron chi connectivity index (χ3n) is 3.27. The first-order valence-electron chi connectivity index (χ1n) is 8.64. The summed E-state index contributed by atoms with van der Waals surface area (Å²) in [6.07, 6.45) is 5.84. The predicted octanol–water partition coefficient (Wildman–Crippen LogP) is 5.11. The monoisotopic (exact) mass is 376 g/mol. The van der Waals surface area contributed by atoms with Crippen molar-refractivity contribution in [2.24, 2.45) is 0 Å². The fraction of sp³-hybridized carbons (Fsp3) is 0.333. The molecule has 0 spiro atoms. The van der Waals surface area contributed by atoms with Crippen molar-refractivity contribution in [2.45, 2.75) is 39.5 Å². The van der Waals surface area contributed by atoms with Crippen LogP contribution in [0.15, 0.2) is 60.8 Å². The molecule has 26 heavy (non-hydrogen) atoms. The zero-order chi connectivity index (χ0) is 19.9. The second-order valence-electron chi connectivity index (χ2n) is 5.28. The van der Waals surface area contributed by atoms with Crippen molar-refractivity contribution < 1.29 is 9.90 Å². The zero-order valence-corrected chi connectivity index (χ0v) is 16.8. The van der Waals surface area contributed by atoms with Gasteiger partial charge in [0.25, 0.3) is 5.91 Å². The van der Waals surface area contributed by atoms with E-state index in [0.29, 0.717) is 18.7 Å². The van der Waals surface area contributed by atoms with Gasteiger partial charge in [0.2, 0.25) is 0 Å². The summed E-state index contributed by atoms with van der Waals surface area (Å²) in [6, 6.07) is 8.55. The minimum Gasteiger partial charge on any atom is -0.505 e. The lowest BCUT2D eigenvalue weighted by molar-refractivity contribution is 0.0954. The Hall–Kier alpha value is -2.33. The highest BCUT2D eigenvalue weighted by atomic mass is 35.5. The molecule has 1 heterocycles. The van der Waals surface area contributed by atoms with Gasteiger partial charge in [0.05, 0.1) is 16.6 Å². The van der Waals surface area contributed by atoms with Crippen molar-refractivity contribution in [3.05, 3.63) is 72.1 Å². The molecule has 1 unspecified atom stereocenters. The number of carbonyl (C=O) groups is 1. The summed E-state index contributed by atoms with van der Waals surface area (Å²) in [4.78, 5) is 16.4. The molecule has 142 valence electrons. The fourth-order valence-electron chi connectivity index (χ4n) is 1.80. The Morgan fingerprint density at radius 2 is 2.00 bits per heavy atom. The third-order valence-corrected chi connectivity index (χ3v) is 3.62. The molecule has 2 N–H and O–H groups in total. The number of nitrogens with one attached hydrogen (secondary N) is 1. The minimum absolute atomic E-state index is 0.123. The highest BCUT2D eigenvalue weighted by Crippen LogP contribution is 2.17. The molecule has 4 nitrogen and oxygen atoms in total. The largest absolute Gasteiger partial charge is 0.505 e. The lowest BCUT2D eigenvalue weighted by atomic mass is 10.1. The average Bonchev–Trinajstić information content (AvgIpc) is 2.66. The number of aromatic nitrogens is 1. The summed E-state index contributed by atoms with van der Waals surface area (Å²) in [7, 11) is 0. The van der Waals surface area contributed by atoms with Crippen LogP contribution in [0, 0.1) is 6.92 Å². The Morgan fingerprint density at radius 1 is 1.35 bits per heavy atom. The zero-order valence-electron chi connectivity index (χ0n) is 16.0. The Bertz CT molecular complexity index is 671. The van der Waals surface area contributed by atoms with E-state index in [4.69, 9.17) is 11.6 Å². The highest BCUT2D eigenvalue weighted by Gasteiger charge is 2.11. The van der Waals surface area contributed by atoms with E-state index in [-0.39, 0.29) is 22.6 Å². The van der Waals surface area contributed by atoms with E-state index in [1.54, 1.807) is 49.5 Å². The molecule has 0 aliphatic rings. The number of aryl methyl sites for hydroxylation is 1. The Kier molecular flexibility index (Phi) is 12.7. The number of nitrogens with zero attached hydrogens (tertiary/aromatic N) is 1. The van der Waals surface area contributed by atoms with Crippen molar-refractivity contribution in [3.8, 4) is 5.75 Å². The van der Waals surface area contributed by atoms with Gasteiger partial charge < -0.3 is 10.4 Å². The lowest BCUT2D eigenvalue weighted by Crippen LogP contribution is -2.25. The van der Waals surface area contributed by atoms with Gasteiger partial charge in [-0.1, -0.05) is 49.8 Å². The first-order valence-corrected chi connectivity index (χ1v) is 9.07. The van der Waals surface area contributed by atoms with Gasteiger partial charge in [0.15, 0.2) is 0 Å². The summed E-state index contributed by atoms with van der Waals surface area (Å²) < 4.78 is 0. The third kappa shape index (κ3) is 9.23. The normalized spacial score (nSPS) is 11.3. The Morgan fingerprint density at radius 3 is 2.65 bits per heavy atom. The number of allylic oxidation sites excluding steroid dienone is 2. The molecule has 1 atom stereocenters. The van der Waals surface area contributed by atoms with Crippen molar-refractivity contribution in [3.63, 3.8) is 0 Å². The smallest absolute Gasteiger partial charge is 0.255 e. The highest BCUT2D eigenvalue weighted by molar-refractivity contribution is 6.21. The quantitative estimate of drug-likeness (QED) is 0.536. The average molecular weight is 377 g/mol. The molecule has 0 saturated heterocycles. The predicted molar refractivity (Wildman–Crippen MR) is 110 cm³/mol. The summed E-state index contributed by atoms with van der Waals surface area (Å²) >= 11 is 5.97. The molecule has 5 heteroatoms. The van der Waals surface area contributed by atoms with Gasteiger partial charge in [-0.2, -0.15) is 0 Å². The van der Waals surface area contributed by atoms with E-state index >= 15 is 0 Å². The fourth-order valence-corrected chi connectivity index (χ4v) is 1.89. The van der Waals surface area contributed by atoms with Crippen LogP contribution in [0.25, 0.3) is 0 Å². The molecule has 1 rings (SSSR count). The SMILES string of the molecule is C=CC(Cl)C/C=C(\C)CNC(=O)c1ccccccnc(C)c1O.CC. The van der Waals surface area contributed by atoms with Crippen LogP contribution in [0.4, 0.5) is 0 Å². The van der Waals surface area contributed by atoms with Gasteiger partial charge in [-0.15, -0.1) is 18.2 Å². The maximum Gasteiger partial charge on any atom is 0.255 e. The molecule has 1 aromatic rings. The van der Waals surface area contributed by atoms with Crippen LogP contribution in [0.5, 0.6) is 5.75 Å². The second-order valence-corrected chi connectivity index (χ2v) is 5.84. The summed E-state index contributed by atoms with van der Waals surface area (Å²) in [6.45, 7) is 11.6. The van der Waals surface area contributed by atoms with E-state index in [0.717, 1.165) is 5.57 Å². The van der Waals surface area contributed by atoms with E-state index < -0.39 is 0 Å². The number of alkyl halides is 1. The van der Waals surface area contributed by atoms with Crippen molar-refractivity contribution >= 4 is 17.5 Å².